The first-order valence-electron chi connectivity index (χ1n) is 9.77. The highest BCUT2D eigenvalue weighted by Gasteiger charge is 2.33. The van der Waals surface area contributed by atoms with E-state index in [0.717, 1.165) is 19.1 Å². The summed E-state index contributed by atoms with van der Waals surface area (Å²) in [7, 11) is -3.49. The molecule has 4 rings (SSSR count). The fourth-order valence-corrected chi connectivity index (χ4v) is 4.53. The molecule has 1 fully saturated rings. The third-order valence-electron chi connectivity index (χ3n) is 5.13. The van der Waals surface area contributed by atoms with Crippen molar-refractivity contribution >= 4 is 15.7 Å². The molecule has 1 aromatic carbocycles. The van der Waals surface area contributed by atoms with Gasteiger partial charge in [-0.05, 0) is 37.5 Å². The van der Waals surface area contributed by atoms with E-state index in [-0.39, 0.29) is 22.4 Å². The molecule has 0 saturated carbocycles. The van der Waals surface area contributed by atoms with Gasteiger partial charge >= 0.3 is 0 Å². The van der Waals surface area contributed by atoms with Crippen LogP contribution >= 0.6 is 0 Å². The normalized spacial score (nSPS) is 16.8. The molecule has 1 aliphatic heterocycles. The molecule has 0 aliphatic carbocycles. The summed E-state index contributed by atoms with van der Waals surface area (Å²) in [5, 5.41) is 6.67. The minimum atomic E-state index is -3.49. The molecule has 1 N–H and O–H groups in total. The number of rotatable bonds is 5. The van der Waals surface area contributed by atoms with Crippen LogP contribution in [-0.4, -0.2) is 47.2 Å². The molecule has 1 atom stereocenters. The second-order valence-electron chi connectivity index (χ2n) is 7.37. The van der Waals surface area contributed by atoms with Crippen LogP contribution in [0.25, 0.3) is 0 Å². The minimum Gasteiger partial charge on any atom is -0.439 e. The molecule has 3 aromatic rings. The predicted octanol–water partition coefficient (Wildman–Crippen LogP) is 3.51. The number of piperidine rings is 1. The number of pyridine rings is 1. The molecule has 0 bridgehead atoms. The SMILES string of the molecule is CS(=O)(=O)c1cn[nH]c1C1CCCCN1C(=O)c1ccnc(Oc2cccc(F)c2)c1. The first-order valence-corrected chi connectivity index (χ1v) is 11.7. The summed E-state index contributed by atoms with van der Waals surface area (Å²) in [5.41, 5.74) is 0.759. The van der Waals surface area contributed by atoms with Gasteiger partial charge in [0, 0.05) is 36.7 Å². The zero-order valence-electron chi connectivity index (χ0n) is 16.8. The van der Waals surface area contributed by atoms with Crippen LogP contribution in [0.5, 0.6) is 11.6 Å². The van der Waals surface area contributed by atoms with Gasteiger partial charge in [-0.2, -0.15) is 5.10 Å². The molecule has 1 unspecified atom stereocenters. The van der Waals surface area contributed by atoms with Crippen LogP contribution < -0.4 is 4.74 Å². The zero-order chi connectivity index (χ0) is 22.0. The maximum Gasteiger partial charge on any atom is 0.254 e. The molecule has 3 heterocycles. The summed E-state index contributed by atoms with van der Waals surface area (Å²) < 4.78 is 43.2. The monoisotopic (exact) mass is 444 g/mol. The number of benzene rings is 1. The van der Waals surface area contributed by atoms with E-state index in [0.29, 0.717) is 24.2 Å². The lowest BCUT2D eigenvalue weighted by molar-refractivity contribution is 0.0602. The maximum absolute atomic E-state index is 13.4. The lowest BCUT2D eigenvalue weighted by Gasteiger charge is -2.35. The van der Waals surface area contributed by atoms with E-state index in [4.69, 9.17) is 4.74 Å². The fraction of sp³-hybridized carbons (Fsp3) is 0.286. The second kappa shape index (κ2) is 8.46. The molecule has 1 saturated heterocycles. The summed E-state index contributed by atoms with van der Waals surface area (Å²) in [6.07, 6.45) is 6.13. The smallest absolute Gasteiger partial charge is 0.254 e. The van der Waals surface area contributed by atoms with Crippen molar-refractivity contribution in [1.82, 2.24) is 20.1 Å². The first-order chi connectivity index (χ1) is 14.8. The van der Waals surface area contributed by atoms with Crippen molar-refractivity contribution in [2.75, 3.05) is 12.8 Å². The summed E-state index contributed by atoms with van der Waals surface area (Å²) in [6, 6.07) is 8.25. The molecule has 0 spiro atoms. The van der Waals surface area contributed by atoms with Gasteiger partial charge in [-0.25, -0.2) is 17.8 Å². The minimum absolute atomic E-state index is 0.0991. The third-order valence-corrected chi connectivity index (χ3v) is 6.25. The first kappa shape index (κ1) is 21.0. The summed E-state index contributed by atoms with van der Waals surface area (Å²) in [5.74, 6) is -0.293. The van der Waals surface area contributed by atoms with E-state index in [1.54, 1.807) is 17.0 Å². The summed E-state index contributed by atoms with van der Waals surface area (Å²) >= 11 is 0. The average Bonchev–Trinajstić information content (AvgIpc) is 3.24. The topological polar surface area (TPSA) is 105 Å². The number of hydrogen-bond donors (Lipinski definition) is 1. The molecule has 162 valence electrons. The van der Waals surface area contributed by atoms with Gasteiger partial charge < -0.3 is 9.64 Å². The molecule has 10 heteroatoms. The van der Waals surface area contributed by atoms with Crippen molar-refractivity contribution in [2.24, 2.45) is 0 Å². The quantitative estimate of drug-likeness (QED) is 0.646. The molecular formula is C21H21FN4O4S. The number of aromatic amines is 1. The molecular weight excluding hydrogens is 423 g/mol. The Bertz CT molecular complexity index is 1210. The van der Waals surface area contributed by atoms with Crippen molar-refractivity contribution < 1.29 is 22.3 Å². The standard InChI is InChI=1S/C21H21FN4O4S/c1-31(28,29)18-13-24-25-20(18)17-7-2-3-10-26(17)21(27)14-8-9-23-19(11-14)30-16-6-4-5-15(22)12-16/h4-6,8-9,11-13,17H,2-3,7,10H2,1H3,(H,24,25). The van der Waals surface area contributed by atoms with Gasteiger partial charge in [0.25, 0.3) is 5.91 Å². The van der Waals surface area contributed by atoms with E-state index in [1.165, 1.54) is 36.7 Å². The molecule has 0 radical (unpaired) electrons. The zero-order valence-corrected chi connectivity index (χ0v) is 17.6. The van der Waals surface area contributed by atoms with Crippen LogP contribution in [0.15, 0.2) is 53.7 Å². The number of carbonyl (C=O) groups is 1. The number of nitrogens with zero attached hydrogens (tertiary/aromatic N) is 3. The highest BCUT2D eigenvalue weighted by atomic mass is 32.2. The second-order valence-corrected chi connectivity index (χ2v) is 9.36. The largest absolute Gasteiger partial charge is 0.439 e. The number of halogens is 1. The molecule has 2 aromatic heterocycles. The Morgan fingerprint density at radius 3 is 2.87 bits per heavy atom. The van der Waals surface area contributed by atoms with Crippen LogP contribution in [0.1, 0.15) is 41.4 Å². The third kappa shape index (κ3) is 4.58. The van der Waals surface area contributed by atoms with Gasteiger partial charge in [-0.15, -0.1) is 0 Å². The Morgan fingerprint density at radius 1 is 1.26 bits per heavy atom. The predicted molar refractivity (Wildman–Crippen MR) is 110 cm³/mol. The van der Waals surface area contributed by atoms with E-state index >= 15 is 0 Å². The van der Waals surface area contributed by atoms with Crippen LogP contribution in [0.3, 0.4) is 0 Å². The average molecular weight is 444 g/mol. The van der Waals surface area contributed by atoms with Gasteiger partial charge in [0.05, 0.1) is 17.9 Å². The fourth-order valence-electron chi connectivity index (χ4n) is 3.71. The summed E-state index contributed by atoms with van der Waals surface area (Å²) in [6.45, 7) is 0.480. The highest BCUT2D eigenvalue weighted by Crippen LogP contribution is 2.34. The molecule has 1 amide bonds. The Balaban J connectivity index is 1.61. The Hall–Kier alpha value is -3.27. The van der Waals surface area contributed by atoms with Gasteiger partial charge in [0.1, 0.15) is 16.5 Å². The number of aromatic nitrogens is 3. The Morgan fingerprint density at radius 2 is 2.10 bits per heavy atom. The van der Waals surface area contributed by atoms with Gasteiger partial charge in [0.2, 0.25) is 5.88 Å². The van der Waals surface area contributed by atoms with Gasteiger partial charge in [0.15, 0.2) is 9.84 Å². The number of carbonyl (C=O) groups excluding carboxylic acids is 1. The lowest BCUT2D eigenvalue weighted by atomic mass is 9.98. The van der Waals surface area contributed by atoms with Crippen molar-refractivity contribution in [3.63, 3.8) is 0 Å². The van der Waals surface area contributed by atoms with Crippen LogP contribution in [0.4, 0.5) is 4.39 Å². The van der Waals surface area contributed by atoms with Crippen molar-refractivity contribution in [2.45, 2.75) is 30.2 Å². The number of H-pyrrole nitrogens is 1. The number of hydrogen-bond acceptors (Lipinski definition) is 6. The van der Waals surface area contributed by atoms with E-state index in [1.807, 2.05) is 0 Å². The number of amides is 1. The van der Waals surface area contributed by atoms with E-state index < -0.39 is 21.7 Å². The van der Waals surface area contributed by atoms with E-state index in [2.05, 4.69) is 15.2 Å². The van der Waals surface area contributed by atoms with Crippen LogP contribution in [0.2, 0.25) is 0 Å². The number of likely N-dealkylation sites (tertiary alicyclic amines) is 1. The van der Waals surface area contributed by atoms with Gasteiger partial charge in [-0.3, -0.25) is 9.89 Å². The van der Waals surface area contributed by atoms with Gasteiger partial charge in [-0.1, -0.05) is 6.07 Å². The maximum atomic E-state index is 13.4. The van der Waals surface area contributed by atoms with Crippen LogP contribution in [0, 0.1) is 5.82 Å². The Labute approximate surface area is 179 Å². The number of ether oxygens (including phenoxy) is 1. The molecule has 8 nitrogen and oxygen atoms in total. The van der Waals surface area contributed by atoms with Crippen LogP contribution in [-0.2, 0) is 9.84 Å². The van der Waals surface area contributed by atoms with Crippen molar-refractivity contribution in [3.05, 3.63) is 65.9 Å². The summed E-state index contributed by atoms with van der Waals surface area (Å²) in [4.78, 5) is 19.2. The lowest BCUT2D eigenvalue weighted by Crippen LogP contribution is -2.39. The van der Waals surface area contributed by atoms with Crippen molar-refractivity contribution in [3.8, 4) is 11.6 Å². The number of nitrogens with one attached hydrogen (secondary N) is 1. The number of sulfone groups is 1. The Kier molecular flexibility index (Phi) is 5.73. The van der Waals surface area contributed by atoms with E-state index in [9.17, 15) is 17.6 Å². The van der Waals surface area contributed by atoms with Crippen molar-refractivity contribution in [1.29, 1.82) is 0 Å². The molecule has 1 aliphatic rings. The highest BCUT2D eigenvalue weighted by molar-refractivity contribution is 7.90. The molecule has 31 heavy (non-hydrogen) atoms.